The van der Waals surface area contributed by atoms with Crippen molar-refractivity contribution >= 4 is 27.7 Å². The quantitative estimate of drug-likeness (QED) is 0.0485. The monoisotopic (exact) mass is 1870 g/mol. The highest BCUT2D eigenvalue weighted by molar-refractivity contribution is 7.89. The summed E-state index contributed by atoms with van der Waals surface area (Å²) >= 11 is 0. The highest BCUT2D eigenvalue weighted by Gasteiger charge is 2.20. The Morgan fingerprint density at radius 1 is 0.366 bits per heavy atom. The second-order valence-electron chi connectivity index (χ2n) is 46.1. The lowest BCUT2D eigenvalue weighted by molar-refractivity contribution is -0.191. The third-order valence-corrected chi connectivity index (χ3v) is 20.6. The zero-order chi connectivity index (χ0) is 103. The van der Waals surface area contributed by atoms with Gasteiger partial charge in [-0.2, -0.15) is 9.59 Å². The molecule has 0 amide bonds. The van der Waals surface area contributed by atoms with Gasteiger partial charge in [-0.1, -0.05) is 336 Å². The summed E-state index contributed by atoms with van der Waals surface area (Å²) in [6, 6.07) is 69.5. The molecule has 744 valence electrons. The minimum absolute atomic E-state index is 0.0913. The largest absolute Gasteiger partial charge is 0.494 e. The average Bonchev–Trinajstić information content (AvgIpc) is 0.852. The second kappa shape index (κ2) is 61.5. The van der Waals surface area contributed by atoms with Gasteiger partial charge in [-0.3, -0.25) is 9.59 Å². The van der Waals surface area contributed by atoms with E-state index in [0.29, 0.717) is 59.9 Å². The van der Waals surface area contributed by atoms with Gasteiger partial charge in [0.2, 0.25) is 10.0 Å². The van der Waals surface area contributed by atoms with Crippen LogP contribution in [0.3, 0.4) is 0 Å². The number of carbonyl (C=O) groups is 2. The first-order valence-corrected chi connectivity index (χ1v) is 49.4. The van der Waals surface area contributed by atoms with Gasteiger partial charge in [-0.05, 0) is 293 Å². The van der Waals surface area contributed by atoms with Crippen LogP contribution in [0, 0.1) is 89.6 Å². The number of benzene rings is 9. The molecule has 9 aromatic rings. The third-order valence-electron chi connectivity index (χ3n) is 19.7. The van der Waals surface area contributed by atoms with Gasteiger partial charge >= 0.3 is 6.15 Å². The van der Waals surface area contributed by atoms with Crippen LogP contribution in [0.1, 0.15) is 321 Å². The van der Waals surface area contributed by atoms with Gasteiger partial charge in [0.25, 0.3) is 0 Å². The first-order chi connectivity index (χ1) is 61.6. The summed E-state index contributed by atoms with van der Waals surface area (Å²) < 4.78 is 75.6. The molecule has 0 aliphatic heterocycles. The molecule has 0 aliphatic carbocycles. The number of hydrogen-bond donors (Lipinski definition) is 1. The van der Waals surface area contributed by atoms with Crippen molar-refractivity contribution in [3.63, 3.8) is 0 Å². The van der Waals surface area contributed by atoms with E-state index in [4.69, 9.17) is 38.4 Å². The third kappa shape index (κ3) is 73.8. The molecular formula is C119H177F2NO11S. The molecular weight excluding hydrogens is 1690 g/mol. The first kappa shape index (κ1) is 124. The van der Waals surface area contributed by atoms with E-state index in [1.807, 2.05) is 84.9 Å². The topological polar surface area (TPSA) is 175 Å². The number of Topliss-reactive ketones (excluding diaryl/α,β-unsaturated/α-hetero) is 2. The van der Waals surface area contributed by atoms with E-state index >= 15 is 0 Å². The molecule has 0 saturated heterocycles. The molecule has 0 aliphatic rings. The molecule has 0 heterocycles. The SMILES string of the molecule is CC(=O)Cc1cccc(OCC(C)(C)C)c1.CC(C)(C)CC(=O)CCCCc1ccc(F)cc1.CC(C)(C)CCOc1ccc(F)cc1.CC(C)(C)CCc1ccc(S(N)(=O)=O)cc1.Cc1ccc(C(C)(C)C)cc1.Cc1ccc(CCCC(C)(C)C)cc1.Cc1ccc(OC(C)CC(C)(C)C)cc1.Cc1ccc(OCC(C)(C)C)cc1.Cc1ccc(OCCC(C)(C)C)cc1.O=C=O. The van der Waals surface area contributed by atoms with Crippen molar-refractivity contribution in [2.24, 2.45) is 48.5 Å². The molecule has 15 heteroatoms. The number of aryl methyl sites for hydroxylation is 8. The summed E-state index contributed by atoms with van der Waals surface area (Å²) in [4.78, 5) is 39.1. The summed E-state index contributed by atoms with van der Waals surface area (Å²) in [5.41, 5.74) is 15.1. The predicted octanol–water partition coefficient (Wildman–Crippen LogP) is 32.2. The Morgan fingerprint density at radius 2 is 0.701 bits per heavy atom. The number of halogens is 2. The smallest absolute Gasteiger partial charge is 0.373 e. The lowest BCUT2D eigenvalue weighted by Crippen LogP contribution is -2.20. The highest BCUT2D eigenvalue weighted by atomic mass is 32.2. The molecule has 0 fully saturated rings. The van der Waals surface area contributed by atoms with Crippen LogP contribution >= 0.6 is 0 Å². The van der Waals surface area contributed by atoms with Crippen molar-refractivity contribution in [2.75, 3.05) is 26.4 Å². The highest BCUT2D eigenvalue weighted by Crippen LogP contribution is 2.30. The Hall–Kier alpha value is -9.53. The standard InChI is InChI=1S/C16H23FO.C14H20O2.C14H22O.C14H22.C13H20O.C12H17FO.C12H19NO2S.C12H18O.C11H16.CO2/c1-16(2,3)12-15(18)7-5-4-6-13-8-10-14(17)11-9-13;1-11(15)8-12-6-5-7-13(9-12)16-10-14(2,3)4;1-11-6-8-13(9-7-11)15-12(2)10-14(3,4)5;1-12-7-9-13(10-8-12)6-5-11-14(2,3)4;1-11-5-7-12(8-6-11)14-10-9-13(2,3)4;1-12(2,3)8-9-14-11-6-4-10(13)5-7-11;1-12(2,3)9-8-10-4-6-11(7-5-10)16(13,14)15;1-10-5-7-11(8-6-10)13-9-12(2,3)4;1-9-5-7-10(8-6-9)11(2,3)4;2-1-3/h8-11H,4-7,12H2,1-3H3;5-7,9H,8,10H2,1-4H3;6-9,12H,10H2,1-5H3;7-10H,5-6,11H2,1-4H3;5-8H,9-10H2,1-4H3;4-7H,8-9H2,1-3H3;4-7H,8-9H2,1-3H3,(H2,13,14,15);5-8H,9H2,1-4H3;5-8H,1-4H3;. The van der Waals surface area contributed by atoms with Gasteiger partial charge in [-0.15, -0.1) is 0 Å². The maximum absolute atomic E-state index is 12.7. The van der Waals surface area contributed by atoms with E-state index in [9.17, 15) is 26.8 Å². The van der Waals surface area contributed by atoms with Crippen molar-refractivity contribution in [1.82, 2.24) is 0 Å². The number of carbonyl (C=O) groups excluding carboxylic acids is 4. The maximum atomic E-state index is 12.7. The van der Waals surface area contributed by atoms with Crippen LogP contribution < -0.4 is 28.8 Å². The lowest BCUT2D eigenvalue weighted by atomic mass is 9.87. The lowest BCUT2D eigenvalue weighted by Gasteiger charge is -2.24. The summed E-state index contributed by atoms with van der Waals surface area (Å²) in [5.74, 6) is 4.57. The predicted molar refractivity (Wildman–Crippen MR) is 561 cm³/mol. The molecule has 0 aromatic heterocycles. The van der Waals surface area contributed by atoms with E-state index in [-0.39, 0.29) is 61.6 Å². The van der Waals surface area contributed by atoms with Gasteiger partial charge in [0, 0.05) is 19.3 Å². The van der Waals surface area contributed by atoms with E-state index in [1.165, 1.54) is 82.5 Å². The molecule has 9 rings (SSSR count). The van der Waals surface area contributed by atoms with Crippen LogP contribution in [-0.2, 0) is 60.3 Å². The number of sulfonamides is 1. The molecule has 0 radical (unpaired) electrons. The second-order valence-corrected chi connectivity index (χ2v) is 47.6. The number of primary sulfonamides is 1. The van der Waals surface area contributed by atoms with Crippen LogP contribution in [0.25, 0.3) is 0 Å². The Morgan fingerprint density at radius 3 is 1.07 bits per heavy atom. The molecule has 1 unspecified atom stereocenters. The van der Waals surface area contributed by atoms with E-state index in [1.54, 1.807) is 31.2 Å². The number of ketones is 2. The van der Waals surface area contributed by atoms with E-state index in [0.717, 1.165) is 110 Å². The summed E-state index contributed by atoms with van der Waals surface area (Å²) in [6.07, 6.45) is 14.1. The maximum Gasteiger partial charge on any atom is 0.373 e. The van der Waals surface area contributed by atoms with Crippen LogP contribution in [0.4, 0.5) is 8.78 Å². The van der Waals surface area contributed by atoms with Gasteiger partial charge in [-0.25, -0.2) is 22.3 Å². The van der Waals surface area contributed by atoms with E-state index < -0.39 is 10.0 Å². The van der Waals surface area contributed by atoms with Gasteiger partial charge in [0.1, 0.15) is 51.9 Å². The zero-order valence-corrected chi connectivity index (χ0v) is 90.1. The van der Waals surface area contributed by atoms with Crippen molar-refractivity contribution in [1.29, 1.82) is 0 Å². The van der Waals surface area contributed by atoms with Crippen molar-refractivity contribution in [3.05, 3.63) is 286 Å². The minimum atomic E-state index is -3.56. The van der Waals surface area contributed by atoms with Crippen molar-refractivity contribution in [3.8, 4) is 28.7 Å². The Balaban J connectivity index is 0.00000148. The number of nitrogens with two attached hydrogens (primary N) is 1. The van der Waals surface area contributed by atoms with Gasteiger partial charge < -0.3 is 23.7 Å². The fourth-order valence-electron chi connectivity index (χ4n) is 12.1. The van der Waals surface area contributed by atoms with Crippen LogP contribution in [0.2, 0.25) is 0 Å². The normalized spacial score (nSPS) is 11.7. The van der Waals surface area contributed by atoms with Crippen LogP contribution in [0.5, 0.6) is 28.7 Å². The Bertz CT molecular complexity index is 4630. The molecule has 1 atom stereocenters. The average molecular weight is 1870 g/mol. The van der Waals surface area contributed by atoms with Gasteiger partial charge in [0.05, 0.1) is 37.4 Å². The number of unbranched alkanes of at least 4 members (excludes halogenated alkanes) is 1. The Kier molecular flexibility index (Phi) is 57.2. The summed E-state index contributed by atoms with van der Waals surface area (Å²) in [7, 11) is -3.56. The van der Waals surface area contributed by atoms with Crippen molar-refractivity contribution < 1.29 is 60.1 Å². The fraction of sp³-hybridized carbons (Fsp3) is 0.521. The number of ether oxygens (including phenoxy) is 5. The number of hydrogen-bond acceptors (Lipinski definition) is 11. The number of rotatable bonds is 27. The molecule has 0 spiro atoms. The summed E-state index contributed by atoms with van der Waals surface area (Å²) in [6.45, 7) is 76.4. The van der Waals surface area contributed by atoms with Gasteiger partial charge in [0.15, 0.2) is 0 Å². The Labute approximate surface area is 813 Å². The fourth-order valence-corrected chi connectivity index (χ4v) is 12.6. The van der Waals surface area contributed by atoms with Crippen LogP contribution in [0.15, 0.2) is 223 Å². The first-order valence-electron chi connectivity index (χ1n) is 47.8. The minimum Gasteiger partial charge on any atom is -0.494 e. The van der Waals surface area contributed by atoms with Crippen molar-refractivity contribution in [2.45, 2.75) is 342 Å². The molecule has 0 saturated carbocycles. The molecule has 9 aromatic carbocycles. The molecule has 12 nitrogen and oxygen atoms in total. The molecule has 134 heavy (non-hydrogen) atoms. The van der Waals surface area contributed by atoms with Crippen LogP contribution in [-0.4, -0.2) is 58.7 Å². The van der Waals surface area contributed by atoms with E-state index in [2.05, 4.69) is 313 Å². The zero-order valence-electron chi connectivity index (χ0n) is 89.3. The molecule has 0 bridgehead atoms. The summed E-state index contributed by atoms with van der Waals surface area (Å²) in [5, 5.41) is 5.02. The molecule has 2 N–H and O–H groups in total.